The third-order valence-electron chi connectivity index (χ3n) is 11.2. The number of carbonyl (C=O) groups is 3. The van der Waals surface area contributed by atoms with Gasteiger partial charge in [0.2, 0.25) is 21.8 Å². The molecule has 3 saturated carbocycles. The Bertz CT molecular complexity index is 2080. The average molecular weight is 747 g/mol. The highest BCUT2D eigenvalue weighted by Crippen LogP contribution is 2.47. The first-order chi connectivity index (χ1) is 25.1. The van der Waals surface area contributed by atoms with Gasteiger partial charge < -0.3 is 19.7 Å². The standard InChI is InChI=1S/C39H50N6O7S/c1-23-30(51-6)15-14-27-31(21-33(40-34(23)27)45-18-16-32(42-45)38(2,3)4)52-25-19-28-29(20-25)36(47)44(5)17-10-8-7-9-11-24-22-39(24,41-35(28)46)37(48)43-53(49,50)26-12-13-26/h9,11,14-16,18,21,24-26,28-29H,7-8,10,12-13,17,19-20,22H2,1-6H3,(H,41,46)(H,43,48)/t24-,25-,28-,29-,39-/m1/s1. The van der Waals surface area contributed by atoms with Gasteiger partial charge in [0.1, 0.15) is 23.1 Å². The fourth-order valence-electron chi connectivity index (χ4n) is 7.72. The molecule has 0 radical (unpaired) electrons. The highest BCUT2D eigenvalue weighted by Gasteiger charge is 2.62. The first kappa shape index (κ1) is 36.9. The lowest BCUT2D eigenvalue weighted by Gasteiger charge is -2.26. The van der Waals surface area contributed by atoms with Crippen molar-refractivity contribution in [2.75, 3.05) is 20.7 Å². The minimum atomic E-state index is -3.83. The number of nitrogens with one attached hydrogen (secondary N) is 2. The largest absolute Gasteiger partial charge is 0.496 e. The van der Waals surface area contributed by atoms with E-state index in [9.17, 15) is 22.8 Å². The summed E-state index contributed by atoms with van der Waals surface area (Å²) in [5.74, 6) is -1.43. The van der Waals surface area contributed by atoms with E-state index in [0.29, 0.717) is 42.2 Å². The van der Waals surface area contributed by atoms with Gasteiger partial charge in [0.05, 0.1) is 35.4 Å². The first-order valence-corrected chi connectivity index (χ1v) is 20.2. The molecule has 0 bridgehead atoms. The molecule has 2 N–H and O–H groups in total. The molecule has 3 aliphatic carbocycles. The Balaban J connectivity index is 1.21. The molecule has 3 amide bonds. The van der Waals surface area contributed by atoms with Crippen LogP contribution in [-0.2, 0) is 29.8 Å². The van der Waals surface area contributed by atoms with E-state index in [-0.39, 0.29) is 36.5 Å². The number of fused-ring (bicyclic) bond motifs is 3. The predicted octanol–water partition coefficient (Wildman–Crippen LogP) is 4.49. The molecule has 2 aromatic heterocycles. The maximum atomic E-state index is 14.3. The molecule has 3 aromatic rings. The maximum absolute atomic E-state index is 14.3. The molecule has 0 saturated heterocycles. The number of hydrogen-bond acceptors (Lipinski definition) is 9. The Hall–Kier alpha value is -4.46. The summed E-state index contributed by atoms with van der Waals surface area (Å²) in [4.78, 5) is 48.7. The normalized spacial score (nSPS) is 26.7. The average Bonchev–Trinajstić information content (AvgIpc) is 3.98. The zero-order chi connectivity index (χ0) is 37.9. The fraction of sp³-hybridized carbons (Fsp3) is 0.564. The van der Waals surface area contributed by atoms with Crippen LogP contribution in [0.5, 0.6) is 11.5 Å². The first-order valence-electron chi connectivity index (χ1n) is 18.6. The van der Waals surface area contributed by atoms with Crippen LogP contribution in [0.3, 0.4) is 0 Å². The number of allylic oxidation sites excluding steroid dienone is 1. The van der Waals surface area contributed by atoms with Gasteiger partial charge in [-0.05, 0) is 76.5 Å². The number of sulfonamides is 1. The smallest absolute Gasteiger partial charge is 0.259 e. The monoisotopic (exact) mass is 746 g/mol. The number of methoxy groups -OCH3 is 1. The molecular weight excluding hydrogens is 697 g/mol. The van der Waals surface area contributed by atoms with E-state index in [1.165, 1.54) is 0 Å². The number of carbonyl (C=O) groups excluding carboxylic acids is 3. The number of aromatic nitrogens is 3. The van der Waals surface area contributed by atoms with Gasteiger partial charge in [0.25, 0.3) is 5.91 Å². The Labute approximate surface area is 310 Å². The van der Waals surface area contributed by atoms with Crippen LogP contribution in [0.4, 0.5) is 0 Å². The number of aryl methyl sites for hydroxylation is 1. The topological polar surface area (TPSA) is 162 Å². The van der Waals surface area contributed by atoms with Gasteiger partial charge in [-0.1, -0.05) is 32.9 Å². The summed E-state index contributed by atoms with van der Waals surface area (Å²) in [7, 11) is -0.460. The highest BCUT2D eigenvalue weighted by molar-refractivity contribution is 7.91. The Morgan fingerprint density at radius 1 is 1.08 bits per heavy atom. The molecule has 284 valence electrons. The number of rotatable bonds is 7. The molecule has 13 nitrogen and oxygen atoms in total. The summed E-state index contributed by atoms with van der Waals surface area (Å²) in [6, 6.07) is 7.56. The molecule has 1 aliphatic heterocycles. The number of hydrogen-bond donors (Lipinski definition) is 2. The summed E-state index contributed by atoms with van der Waals surface area (Å²) >= 11 is 0. The van der Waals surface area contributed by atoms with Gasteiger partial charge in [0, 0.05) is 48.1 Å². The minimum Gasteiger partial charge on any atom is -0.496 e. The fourth-order valence-corrected chi connectivity index (χ4v) is 9.09. The zero-order valence-electron chi connectivity index (χ0n) is 31.3. The van der Waals surface area contributed by atoms with E-state index in [1.807, 2.05) is 49.5 Å². The van der Waals surface area contributed by atoms with Crippen molar-refractivity contribution < 1.29 is 32.3 Å². The Morgan fingerprint density at radius 3 is 2.53 bits per heavy atom. The van der Waals surface area contributed by atoms with E-state index < -0.39 is 50.6 Å². The van der Waals surface area contributed by atoms with Gasteiger partial charge in [0.15, 0.2) is 5.82 Å². The van der Waals surface area contributed by atoms with Crippen LogP contribution < -0.4 is 19.5 Å². The van der Waals surface area contributed by atoms with E-state index in [1.54, 1.807) is 23.7 Å². The van der Waals surface area contributed by atoms with E-state index in [2.05, 4.69) is 30.8 Å². The van der Waals surface area contributed by atoms with Crippen LogP contribution in [0.1, 0.15) is 83.4 Å². The lowest BCUT2D eigenvalue weighted by Crippen LogP contribution is -2.54. The minimum absolute atomic E-state index is 0.155. The highest BCUT2D eigenvalue weighted by atomic mass is 32.2. The van der Waals surface area contributed by atoms with Crippen LogP contribution in [0, 0.1) is 24.7 Å². The third kappa shape index (κ3) is 7.26. The molecule has 53 heavy (non-hydrogen) atoms. The number of benzene rings is 1. The summed E-state index contributed by atoms with van der Waals surface area (Å²) < 4.78 is 42.0. The van der Waals surface area contributed by atoms with Gasteiger partial charge in [-0.25, -0.2) is 18.1 Å². The van der Waals surface area contributed by atoms with Crippen molar-refractivity contribution in [2.24, 2.45) is 17.8 Å². The maximum Gasteiger partial charge on any atom is 0.259 e. The lowest BCUT2D eigenvalue weighted by atomic mass is 9.93. The van der Waals surface area contributed by atoms with Crippen molar-refractivity contribution in [2.45, 2.75) is 101 Å². The molecule has 1 aromatic carbocycles. The molecular formula is C39H50N6O7S. The predicted molar refractivity (Wildman–Crippen MR) is 199 cm³/mol. The van der Waals surface area contributed by atoms with Crippen molar-refractivity contribution in [1.29, 1.82) is 0 Å². The molecule has 3 heterocycles. The number of nitrogens with zero attached hydrogens (tertiary/aromatic N) is 4. The second kappa shape index (κ2) is 13.7. The molecule has 3 fully saturated rings. The van der Waals surface area contributed by atoms with Crippen molar-refractivity contribution in [1.82, 2.24) is 29.7 Å². The van der Waals surface area contributed by atoms with Crippen LogP contribution in [-0.4, -0.2) is 83.4 Å². The van der Waals surface area contributed by atoms with Gasteiger partial charge in [-0.3, -0.25) is 19.1 Å². The zero-order valence-corrected chi connectivity index (χ0v) is 32.2. The van der Waals surface area contributed by atoms with E-state index in [0.717, 1.165) is 35.9 Å². The second-order valence-electron chi connectivity index (χ2n) is 16.2. The molecule has 5 atom stereocenters. The second-order valence-corrected chi connectivity index (χ2v) is 18.2. The molecule has 0 unspecified atom stereocenters. The Morgan fingerprint density at radius 2 is 1.83 bits per heavy atom. The summed E-state index contributed by atoms with van der Waals surface area (Å²) in [6.07, 6.45) is 9.41. The van der Waals surface area contributed by atoms with Gasteiger partial charge in [-0.2, -0.15) is 5.10 Å². The van der Waals surface area contributed by atoms with Crippen molar-refractivity contribution in [3.63, 3.8) is 0 Å². The molecule has 7 rings (SSSR count). The molecule has 4 aliphatic rings. The van der Waals surface area contributed by atoms with E-state index in [4.69, 9.17) is 19.6 Å². The summed E-state index contributed by atoms with van der Waals surface area (Å²) in [5, 5.41) is 7.94. The number of ether oxygens (including phenoxy) is 2. The lowest BCUT2D eigenvalue weighted by molar-refractivity contribution is -0.140. The van der Waals surface area contributed by atoms with Crippen LogP contribution in [0.2, 0.25) is 0 Å². The molecule has 14 heteroatoms. The van der Waals surface area contributed by atoms with Crippen molar-refractivity contribution in [3.05, 3.63) is 53.9 Å². The molecule has 0 spiro atoms. The third-order valence-corrected chi connectivity index (χ3v) is 13.1. The van der Waals surface area contributed by atoms with E-state index >= 15 is 0 Å². The van der Waals surface area contributed by atoms with Gasteiger partial charge in [-0.15, -0.1) is 0 Å². The Kier molecular flexibility index (Phi) is 9.57. The van der Waals surface area contributed by atoms with Crippen LogP contribution in [0.15, 0.2) is 42.6 Å². The van der Waals surface area contributed by atoms with Crippen LogP contribution >= 0.6 is 0 Å². The van der Waals surface area contributed by atoms with Crippen molar-refractivity contribution in [3.8, 4) is 17.3 Å². The summed E-state index contributed by atoms with van der Waals surface area (Å²) in [6.45, 7) is 8.77. The van der Waals surface area contributed by atoms with Crippen LogP contribution in [0.25, 0.3) is 16.7 Å². The number of amides is 3. The summed E-state index contributed by atoms with van der Waals surface area (Å²) in [5.41, 5.74) is 0.835. The SMILES string of the molecule is COc1ccc2c(O[C@@H]3C[C@H]4C(=O)N[C@]5(C(=O)NS(=O)(=O)C6CC6)C[C@H]5C=CCCCCN(C)C(=O)[C@@H]4C3)cc(-n3ccc(C(C)(C)C)n3)nc2c1C. The quantitative estimate of drug-likeness (QED) is 0.332. The number of pyridine rings is 1. The van der Waals surface area contributed by atoms with Crippen molar-refractivity contribution >= 4 is 38.6 Å². The van der Waals surface area contributed by atoms with Gasteiger partial charge >= 0.3 is 0 Å².